The van der Waals surface area contributed by atoms with E-state index in [1.54, 1.807) is 30.3 Å². The number of hydrogen-bond acceptors (Lipinski definition) is 3. The molecule has 0 aliphatic rings. The van der Waals surface area contributed by atoms with E-state index >= 15 is 0 Å². The molecule has 5 rings (SSSR count). The van der Waals surface area contributed by atoms with Gasteiger partial charge >= 0.3 is 6.18 Å². The standard InChI is InChI=1S/C22H14F3N3O/c23-22(24,25)20-14(9-16-15-4-2-1-3-12(15)6-8-18(16)29)10-26-17-7-5-13-11-27-28-21(13)19(17)20/h1-8,10-11,29H,9H2,(H,27,28). The van der Waals surface area contributed by atoms with E-state index in [0.29, 0.717) is 21.9 Å². The molecule has 0 radical (unpaired) electrons. The maximum absolute atomic E-state index is 14.2. The monoisotopic (exact) mass is 393 g/mol. The van der Waals surface area contributed by atoms with Gasteiger partial charge in [-0.05, 0) is 34.5 Å². The number of fused-ring (bicyclic) bond motifs is 4. The van der Waals surface area contributed by atoms with Crippen molar-refractivity contribution < 1.29 is 18.3 Å². The molecule has 0 saturated heterocycles. The highest BCUT2D eigenvalue weighted by Crippen LogP contribution is 2.41. The van der Waals surface area contributed by atoms with Crippen molar-refractivity contribution in [1.29, 1.82) is 0 Å². The van der Waals surface area contributed by atoms with Crippen LogP contribution in [0.25, 0.3) is 32.6 Å². The lowest BCUT2D eigenvalue weighted by atomic mass is 9.93. The Kier molecular flexibility index (Phi) is 3.74. The van der Waals surface area contributed by atoms with Gasteiger partial charge in [0.05, 0.1) is 22.8 Å². The number of aromatic hydroxyl groups is 1. The molecule has 4 nitrogen and oxygen atoms in total. The number of nitrogens with one attached hydrogen (secondary N) is 1. The Hall–Kier alpha value is -3.61. The largest absolute Gasteiger partial charge is 0.508 e. The number of aromatic amines is 1. The predicted molar refractivity (Wildman–Crippen MR) is 105 cm³/mol. The third kappa shape index (κ3) is 2.77. The molecule has 0 aliphatic carbocycles. The molecule has 2 heterocycles. The van der Waals surface area contributed by atoms with Crippen molar-refractivity contribution in [3.8, 4) is 5.75 Å². The highest BCUT2D eigenvalue weighted by atomic mass is 19.4. The second-order valence-electron chi connectivity index (χ2n) is 6.91. The molecule has 0 atom stereocenters. The van der Waals surface area contributed by atoms with E-state index in [1.165, 1.54) is 18.5 Å². The summed E-state index contributed by atoms with van der Waals surface area (Å²) in [6.45, 7) is 0. The topological polar surface area (TPSA) is 61.8 Å². The molecule has 144 valence electrons. The SMILES string of the molecule is Oc1ccc2ccccc2c1Cc1cnc2ccc3cn[nH]c3c2c1C(F)(F)F. The normalized spacial score (nSPS) is 12.2. The van der Waals surface area contributed by atoms with Crippen molar-refractivity contribution in [2.24, 2.45) is 0 Å². The van der Waals surface area contributed by atoms with E-state index in [4.69, 9.17) is 0 Å². The summed E-state index contributed by atoms with van der Waals surface area (Å²) in [5.74, 6) is -0.0447. The molecule has 0 unspecified atom stereocenters. The molecule has 0 bridgehead atoms. The van der Waals surface area contributed by atoms with Crippen molar-refractivity contribution in [2.45, 2.75) is 12.6 Å². The van der Waals surface area contributed by atoms with Crippen LogP contribution in [0.15, 0.2) is 60.9 Å². The summed E-state index contributed by atoms with van der Waals surface area (Å²) in [7, 11) is 0. The molecule has 0 fully saturated rings. The third-order valence-electron chi connectivity index (χ3n) is 5.19. The van der Waals surface area contributed by atoms with Gasteiger partial charge in [0.2, 0.25) is 0 Å². The average Bonchev–Trinajstić information content (AvgIpc) is 3.18. The molecule has 0 spiro atoms. The van der Waals surface area contributed by atoms with Crippen molar-refractivity contribution in [3.05, 3.63) is 77.6 Å². The van der Waals surface area contributed by atoms with Gasteiger partial charge in [0, 0.05) is 29.0 Å². The van der Waals surface area contributed by atoms with E-state index in [-0.39, 0.29) is 28.6 Å². The molecule has 2 N–H and O–H groups in total. The Morgan fingerprint density at radius 1 is 0.931 bits per heavy atom. The Balaban J connectivity index is 1.82. The van der Waals surface area contributed by atoms with Crippen molar-refractivity contribution in [2.75, 3.05) is 0 Å². The van der Waals surface area contributed by atoms with Gasteiger partial charge in [-0.2, -0.15) is 18.3 Å². The summed E-state index contributed by atoms with van der Waals surface area (Å²) >= 11 is 0. The zero-order valence-corrected chi connectivity index (χ0v) is 15.0. The Bertz CT molecular complexity index is 1390. The van der Waals surface area contributed by atoms with Crippen molar-refractivity contribution in [1.82, 2.24) is 15.2 Å². The number of phenolic OH excluding ortho intramolecular Hbond substituents is 1. The quantitative estimate of drug-likeness (QED) is 0.412. The molecule has 0 aliphatic heterocycles. The van der Waals surface area contributed by atoms with Gasteiger partial charge in [-0.3, -0.25) is 10.1 Å². The fourth-order valence-corrected chi connectivity index (χ4v) is 3.89. The summed E-state index contributed by atoms with van der Waals surface area (Å²) in [6.07, 6.45) is -1.97. The third-order valence-corrected chi connectivity index (χ3v) is 5.19. The molecular formula is C22H14F3N3O. The predicted octanol–water partition coefficient (Wildman–Crippen LogP) is 5.58. The van der Waals surface area contributed by atoms with E-state index < -0.39 is 11.7 Å². The van der Waals surface area contributed by atoms with Crippen LogP contribution in [0.5, 0.6) is 5.75 Å². The minimum absolute atomic E-state index is 0.00115. The summed E-state index contributed by atoms with van der Waals surface area (Å²) in [4.78, 5) is 4.26. The van der Waals surface area contributed by atoms with Crippen molar-refractivity contribution in [3.63, 3.8) is 0 Å². The van der Waals surface area contributed by atoms with Gasteiger partial charge in [-0.25, -0.2) is 0 Å². The average molecular weight is 393 g/mol. The van der Waals surface area contributed by atoms with Crippen LogP contribution in [0.4, 0.5) is 13.2 Å². The van der Waals surface area contributed by atoms with Crippen LogP contribution in [0.1, 0.15) is 16.7 Å². The first-order valence-corrected chi connectivity index (χ1v) is 8.94. The minimum Gasteiger partial charge on any atom is -0.508 e. The molecule has 3 aromatic carbocycles. The van der Waals surface area contributed by atoms with Gasteiger partial charge in [0.1, 0.15) is 5.75 Å². The number of halogens is 3. The lowest BCUT2D eigenvalue weighted by molar-refractivity contribution is -0.136. The number of nitrogens with zero attached hydrogens (tertiary/aromatic N) is 2. The first kappa shape index (κ1) is 17.5. The number of rotatable bonds is 2. The second-order valence-corrected chi connectivity index (χ2v) is 6.91. The van der Waals surface area contributed by atoms with Crippen molar-refractivity contribution >= 4 is 32.6 Å². The van der Waals surface area contributed by atoms with Crippen LogP contribution in [0, 0.1) is 0 Å². The maximum atomic E-state index is 14.2. The fourth-order valence-electron chi connectivity index (χ4n) is 3.89. The first-order chi connectivity index (χ1) is 13.9. The molecule has 0 amide bonds. The van der Waals surface area contributed by atoms with Gasteiger partial charge < -0.3 is 5.11 Å². The number of aromatic nitrogens is 3. The van der Waals surface area contributed by atoms with Crippen LogP contribution >= 0.6 is 0 Å². The van der Waals surface area contributed by atoms with Crippen LogP contribution < -0.4 is 0 Å². The molecule has 29 heavy (non-hydrogen) atoms. The lowest BCUT2D eigenvalue weighted by Gasteiger charge is -2.17. The smallest absolute Gasteiger partial charge is 0.417 e. The molecule has 5 aromatic rings. The van der Waals surface area contributed by atoms with Gasteiger partial charge in [0.15, 0.2) is 0 Å². The fraction of sp³-hybridized carbons (Fsp3) is 0.0909. The summed E-state index contributed by atoms with van der Waals surface area (Å²) in [5, 5.41) is 19.1. The van der Waals surface area contributed by atoms with Crippen LogP contribution in [0.3, 0.4) is 0 Å². The first-order valence-electron chi connectivity index (χ1n) is 8.94. The number of benzene rings is 3. The van der Waals surface area contributed by atoms with Crippen LogP contribution in [-0.4, -0.2) is 20.3 Å². The maximum Gasteiger partial charge on any atom is 0.417 e. The van der Waals surface area contributed by atoms with E-state index in [1.807, 2.05) is 12.1 Å². The summed E-state index contributed by atoms with van der Waals surface area (Å²) in [5.41, 5.74) is 0.209. The number of H-pyrrole nitrogens is 1. The molecular weight excluding hydrogens is 379 g/mol. The van der Waals surface area contributed by atoms with Crippen LogP contribution in [0.2, 0.25) is 0 Å². The zero-order chi connectivity index (χ0) is 20.2. The van der Waals surface area contributed by atoms with E-state index in [2.05, 4.69) is 15.2 Å². The Labute approximate surface area is 162 Å². The van der Waals surface area contributed by atoms with Gasteiger partial charge in [-0.1, -0.05) is 30.3 Å². The Morgan fingerprint density at radius 2 is 1.72 bits per heavy atom. The number of phenols is 1. The molecule has 0 saturated carbocycles. The summed E-state index contributed by atoms with van der Waals surface area (Å²) in [6, 6.07) is 13.8. The zero-order valence-electron chi connectivity index (χ0n) is 15.0. The van der Waals surface area contributed by atoms with E-state index in [9.17, 15) is 18.3 Å². The molecule has 2 aromatic heterocycles. The number of hydrogen-bond donors (Lipinski definition) is 2. The Morgan fingerprint density at radius 3 is 2.55 bits per heavy atom. The lowest BCUT2D eigenvalue weighted by Crippen LogP contribution is -2.12. The van der Waals surface area contributed by atoms with Gasteiger partial charge in [0.25, 0.3) is 0 Å². The number of pyridine rings is 1. The highest BCUT2D eigenvalue weighted by molar-refractivity contribution is 6.06. The number of alkyl halides is 3. The van der Waals surface area contributed by atoms with E-state index in [0.717, 1.165) is 5.39 Å². The van der Waals surface area contributed by atoms with Crippen LogP contribution in [-0.2, 0) is 12.6 Å². The minimum atomic E-state index is -4.60. The van der Waals surface area contributed by atoms with Gasteiger partial charge in [-0.15, -0.1) is 0 Å². The molecule has 7 heteroatoms. The second kappa shape index (κ2) is 6.20. The highest BCUT2D eigenvalue weighted by Gasteiger charge is 2.37. The summed E-state index contributed by atoms with van der Waals surface area (Å²) < 4.78 is 42.6.